The average Bonchev–Trinajstić information content (AvgIpc) is 3.24. The Bertz CT molecular complexity index is 722. The number of para-hydroxylation sites is 1. The van der Waals surface area contributed by atoms with Gasteiger partial charge in [0.2, 0.25) is 5.91 Å². The second-order valence-corrected chi connectivity index (χ2v) is 6.34. The summed E-state index contributed by atoms with van der Waals surface area (Å²) in [6.07, 6.45) is 1.60. The summed E-state index contributed by atoms with van der Waals surface area (Å²) < 4.78 is 5.21. The van der Waals surface area contributed by atoms with E-state index in [1.165, 1.54) is 5.69 Å². The first-order chi connectivity index (χ1) is 13.3. The van der Waals surface area contributed by atoms with Crippen LogP contribution in [0.25, 0.3) is 0 Å². The van der Waals surface area contributed by atoms with E-state index in [1.807, 2.05) is 19.1 Å². The maximum absolute atomic E-state index is 12.1. The van der Waals surface area contributed by atoms with Gasteiger partial charge >= 0.3 is 0 Å². The molecule has 2 heterocycles. The molecule has 1 aliphatic rings. The molecule has 0 aliphatic carbocycles. The Balaban J connectivity index is 1.50. The number of piperazine rings is 1. The fraction of sp³-hybridized carbons (Fsp3) is 0.400. The molecule has 27 heavy (non-hydrogen) atoms. The molecular formula is C20H27N5O2. The van der Waals surface area contributed by atoms with E-state index in [0.717, 1.165) is 44.4 Å². The summed E-state index contributed by atoms with van der Waals surface area (Å²) in [6, 6.07) is 14.1. The number of aliphatic imine (C=N–C) groups is 1. The van der Waals surface area contributed by atoms with E-state index in [-0.39, 0.29) is 12.5 Å². The smallest absolute Gasteiger partial charge is 0.242 e. The van der Waals surface area contributed by atoms with Gasteiger partial charge in [-0.3, -0.25) is 4.79 Å². The van der Waals surface area contributed by atoms with Gasteiger partial charge in [-0.15, -0.1) is 0 Å². The van der Waals surface area contributed by atoms with E-state index in [2.05, 4.69) is 49.7 Å². The highest BCUT2D eigenvalue weighted by Crippen LogP contribution is 2.15. The van der Waals surface area contributed by atoms with Gasteiger partial charge in [0.05, 0.1) is 12.8 Å². The SMILES string of the molecule is CCNC(=NCC(=O)NCc1ccco1)N1CCN(c2ccccc2)CC1. The van der Waals surface area contributed by atoms with E-state index in [4.69, 9.17) is 4.42 Å². The van der Waals surface area contributed by atoms with Crippen LogP contribution in [-0.4, -0.2) is 56.0 Å². The predicted molar refractivity (Wildman–Crippen MR) is 107 cm³/mol. The Kier molecular flexibility index (Phi) is 6.73. The van der Waals surface area contributed by atoms with Gasteiger partial charge in [0.25, 0.3) is 0 Å². The van der Waals surface area contributed by atoms with Crippen LogP contribution in [0.3, 0.4) is 0 Å². The van der Waals surface area contributed by atoms with Gasteiger partial charge in [-0.25, -0.2) is 4.99 Å². The molecule has 3 rings (SSSR count). The number of rotatable bonds is 6. The molecule has 0 bridgehead atoms. The average molecular weight is 369 g/mol. The molecule has 2 aromatic rings. The van der Waals surface area contributed by atoms with Gasteiger partial charge in [0.15, 0.2) is 5.96 Å². The topological polar surface area (TPSA) is 73.1 Å². The first kappa shape index (κ1) is 18.8. The molecule has 0 spiro atoms. The van der Waals surface area contributed by atoms with Crippen molar-refractivity contribution in [1.29, 1.82) is 0 Å². The molecule has 0 unspecified atom stereocenters. The van der Waals surface area contributed by atoms with Crippen molar-refractivity contribution in [3.63, 3.8) is 0 Å². The molecular weight excluding hydrogens is 342 g/mol. The third-order valence-electron chi connectivity index (χ3n) is 4.45. The van der Waals surface area contributed by atoms with E-state index in [1.54, 1.807) is 12.3 Å². The Morgan fingerprint density at radius 2 is 1.85 bits per heavy atom. The standard InChI is InChI=1S/C20H27N5O2/c1-2-21-20(23-16-19(26)22-15-18-9-6-14-27-18)25-12-10-24(11-13-25)17-7-4-3-5-8-17/h3-9,14H,2,10-13,15-16H2,1H3,(H,21,23)(H,22,26). The van der Waals surface area contributed by atoms with E-state index >= 15 is 0 Å². The minimum Gasteiger partial charge on any atom is -0.467 e. The molecule has 1 aromatic carbocycles. The second kappa shape index (κ2) is 9.66. The zero-order valence-electron chi connectivity index (χ0n) is 15.7. The van der Waals surface area contributed by atoms with Gasteiger partial charge in [0.1, 0.15) is 12.3 Å². The summed E-state index contributed by atoms with van der Waals surface area (Å²) in [7, 11) is 0. The van der Waals surface area contributed by atoms with E-state index in [0.29, 0.717) is 6.54 Å². The van der Waals surface area contributed by atoms with Crippen molar-refractivity contribution in [2.45, 2.75) is 13.5 Å². The number of hydrogen-bond donors (Lipinski definition) is 2. The fourth-order valence-corrected chi connectivity index (χ4v) is 3.04. The quantitative estimate of drug-likeness (QED) is 0.599. The number of nitrogens with zero attached hydrogens (tertiary/aromatic N) is 3. The van der Waals surface area contributed by atoms with E-state index < -0.39 is 0 Å². The van der Waals surface area contributed by atoms with E-state index in [9.17, 15) is 4.79 Å². The lowest BCUT2D eigenvalue weighted by atomic mass is 10.2. The molecule has 7 nitrogen and oxygen atoms in total. The number of guanidine groups is 1. The number of furan rings is 1. The Labute approximate surface area is 160 Å². The van der Waals surface area contributed by atoms with Crippen LogP contribution in [0.4, 0.5) is 5.69 Å². The Morgan fingerprint density at radius 1 is 1.07 bits per heavy atom. The summed E-state index contributed by atoms with van der Waals surface area (Å²) in [5, 5.41) is 6.11. The van der Waals surface area contributed by atoms with Crippen molar-refractivity contribution in [3.05, 3.63) is 54.5 Å². The maximum Gasteiger partial charge on any atom is 0.242 e. The van der Waals surface area contributed by atoms with Crippen LogP contribution in [0.2, 0.25) is 0 Å². The highest BCUT2D eigenvalue weighted by Gasteiger charge is 2.19. The van der Waals surface area contributed by atoms with Crippen molar-refractivity contribution in [3.8, 4) is 0 Å². The van der Waals surface area contributed by atoms with Crippen LogP contribution < -0.4 is 15.5 Å². The van der Waals surface area contributed by atoms with Crippen LogP contribution in [0, 0.1) is 0 Å². The normalized spacial score (nSPS) is 14.9. The van der Waals surface area contributed by atoms with Gasteiger partial charge in [0, 0.05) is 38.4 Å². The van der Waals surface area contributed by atoms with Gasteiger partial charge < -0.3 is 24.9 Å². The minimum absolute atomic E-state index is 0.0991. The summed E-state index contributed by atoms with van der Waals surface area (Å²) >= 11 is 0. The fourth-order valence-electron chi connectivity index (χ4n) is 3.04. The molecule has 0 radical (unpaired) electrons. The van der Waals surface area contributed by atoms with Gasteiger partial charge in [-0.2, -0.15) is 0 Å². The second-order valence-electron chi connectivity index (χ2n) is 6.34. The molecule has 1 saturated heterocycles. The lowest BCUT2D eigenvalue weighted by Crippen LogP contribution is -2.52. The van der Waals surface area contributed by atoms with Crippen LogP contribution >= 0.6 is 0 Å². The van der Waals surface area contributed by atoms with Crippen molar-refractivity contribution in [2.75, 3.05) is 44.2 Å². The highest BCUT2D eigenvalue weighted by molar-refractivity contribution is 5.85. The molecule has 1 amide bonds. The summed E-state index contributed by atoms with van der Waals surface area (Å²) in [5.74, 6) is 1.40. The largest absolute Gasteiger partial charge is 0.467 e. The van der Waals surface area contributed by atoms with Gasteiger partial charge in [-0.1, -0.05) is 18.2 Å². The molecule has 0 atom stereocenters. The number of amides is 1. The molecule has 1 aromatic heterocycles. The maximum atomic E-state index is 12.1. The van der Waals surface area contributed by atoms with Crippen molar-refractivity contribution < 1.29 is 9.21 Å². The first-order valence-corrected chi connectivity index (χ1v) is 9.38. The molecule has 7 heteroatoms. The molecule has 1 aliphatic heterocycles. The summed E-state index contributed by atoms with van der Waals surface area (Å²) in [4.78, 5) is 21.1. The van der Waals surface area contributed by atoms with Gasteiger partial charge in [-0.05, 0) is 31.2 Å². The predicted octanol–water partition coefficient (Wildman–Crippen LogP) is 1.68. The third kappa shape index (κ3) is 5.51. The number of anilines is 1. The number of hydrogen-bond acceptors (Lipinski definition) is 4. The molecule has 0 saturated carbocycles. The summed E-state index contributed by atoms with van der Waals surface area (Å²) in [6.45, 7) is 6.88. The Morgan fingerprint density at radius 3 is 2.52 bits per heavy atom. The third-order valence-corrected chi connectivity index (χ3v) is 4.45. The van der Waals surface area contributed by atoms with Crippen LogP contribution in [-0.2, 0) is 11.3 Å². The van der Waals surface area contributed by atoms with Crippen LogP contribution in [0.5, 0.6) is 0 Å². The Hall–Kier alpha value is -2.96. The van der Waals surface area contributed by atoms with Crippen molar-refractivity contribution >= 4 is 17.6 Å². The zero-order chi connectivity index (χ0) is 18.9. The molecule has 2 N–H and O–H groups in total. The zero-order valence-corrected chi connectivity index (χ0v) is 15.7. The lowest BCUT2D eigenvalue weighted by molar-refractivity contribution is -0.119. The number of carbonyl (C=O) groups excluding carboxylic acids is 1. The minimum atomic E-state index is -0.121. The van der Waals surface area contributed by atoms with Crippen LogP contribution in [0.1, 0.15) is 12.7 Å². The summed E-state index contributed by atoms with van der Waals surface area (Å²) in [5.41, 5.74) is 1.25. The van der Waals surface area contributed by atoms with Crippen molar-refractivity contribution in [1.82, 2.24) is 15.5 Å². The molecule has 144 valence electrons. The number of carbonyl (C=O) groups is 1. The number of benzene rings is 1. The van der Waals surface area contributed by atoms with Crippen molar-refractivity contribution in [2.24, 2.45) is 4.99 Å². The lowest BCUT2D eigenvalue weighted by Gasteiger charge is -2.37. The first-order valence-electron chi connectivity index (χ1n) is 9.38. The monoisotopic (exact) mass is 369 g/mol. The van der Waals surface area contributed by atoms with Crippen LogP contribution in [0.15, 0.2) is 58.1 Å². The molecule has 1 fully saturated rings. The number of nitrogens with one attached hydrogen (secondary N) is 2. The highest BCUT2D eigenvalue weighted by atomic mass is 16.3.